The lowest BCUT2D eigenvalue weighted by molar-refractivity contribution is 0.669. The summed E-state index contributed by atoms with van der Waals surface area (Å²) < 4.78 is 11.6. The first-order valence-corrected chi connectivity index (χ1v) is 20.6. The van der Waals surface area contributed by atoms with E-state index in [0.29, 0.717) is 17.5 Å². The van der Waals surface area contributed by atoms with Gasteiger partial charge in [0.1, 0.15) is 11.2 Å². The van der Waals surface area contributed by atoms with Gasteiger partial charge in [0.05, 0.1) is 0 Å². The van der Waals surface area contributed by atoms with E-state index in [0.717, 1.165) is 55.3 Å². The van der Waals surface area contributed by atoms with Gasteiger partial charge in [-0.15, -0.1) is 22.7 Å². The van der Waals surface area contributed by atoms with Gasteiger partial charge in [0.15, 0.2) is 17.5 Å². The molecule has 12 aromatic rings. The summed E-state index contributed by atoms with van der Waals surface area (Å²) in [6.45, 7) is 0. The largest absolute Gasteiger partial charge is 0.456 e. The van der Waals surface area contributed by atoms with Gasteiger partial charge in [-0.2, -0.15) is 0 Å². The van der Waals surface area contributed by atoms with Crippen molar-refractivity contribution in [3.63, 3.8) is 0 Å². The number of hydrogen-bond donors (Lipinski definition) is 0. The van der Waals surface area contributed by atoms with Crippen LogP contribution in [0.1, 0.15) is 0 Å². The normalized spacial score (nSPS) is 11.9. The first kappa shape index (κ1) is 32.3. The smallest absolute Gasteiger partial charge is 0.164 e. The zero-order chi connectivity index (χ0) is 37.5. The predicted molar refractivity (Wildman–Crippen MR) is 240 cm³/mol. The molecular weight excluding hydrogens is 735 g/mol. The molecule has 0 spiro atoms. The van der Waals surface area contributed by atoms with Crippen LogP contribution in [0.4, 0.5) is 0 Å². The average molecular weight is 764 g/mol. The lowest BCUT2D eigenvalue weighted by Gasteiger charge is -2.10. The van der Waals surface area contributed by atoms with E-state index in [1.807, 2.05) is 78.1 Å². The van der Waals surface area contributed by atoms with Gasteiger partial charge in [-0.05, 0) is 58.7 Å². The summed E-state index contributed by atoms with van der Waals surface area (Å²) in [6, 6.07) is 62.1. The van der Waals surface area contributed by atoms with Crippen LogP contribution in [0.5, 0.6) is 0 Å². The van der Waals surface area contributed by atoms with Gasteiger partial charge in [0.2, 0.25) is 0 Å². The van der Waals surface area contributed by atoms with Crippen molar-refractivity contribution in [3.8, 4) is 56.4 Å². The van der Waals surface area contributed by atoms with Crippen molar-refractivity contribution >= 4 is 85.0 Å². The van der Waals surface area contributed by atoms with E-state index in [2.05, 4.69) is 109 Å². The van der Waals surface area contributed by atoms with E-state index in [1.54, 1.807) is 11.3 Å². The summed E-state index contributed by atoms with van der Waals surface area (Å²) in [5.74, 6) is 1.97. The van der Waals surface area contributed by atoms with Gasteiger partial charge in [0.25, 0.3) is 0 Å². The molecule has 266 valence electrons. The molecule has 0 saturated carbocycles. The molecule has 0 aliphatic rings. The number of benzene rings is 8. The molecular formula is C51H29N3OS2. The minimum atomic E-state index is 0.655. The summed E-state index contributed by atoms with van der Waals surface area (Å²) in [7, 11) is 0. The van der Waals surface area contributed by atoms with Crippen LogP contribution >= 0.6 is 22.7 Å². The standard InChI is InChI=1S/C51H29N3OS2/c1-3-12-30(13-4-1)49-52-50(31-14-5-2-6-15-31)54-51(53-49)33-23-25-38-37-24-22-32(28-45(37)56-46(38)29-33)41-26-34(27-43-47(41)40-17-7-9-20-42(40)55-43)35-18-11-19-39-36-16-8-10-21-44(36)57-48(35)39/h1-29H. The third-order valence-corrected chi connectivity index (χ3v) is 13.3. The second kappa shape index (κ2) is 12.8. The molecule has 0 fully saturated rings. The summed E-state index contributed by atoms with van der Waals surface area (Å²) in [5, 5.41) is 7.29. The lowest BCUT2D eigenvalue weighted by atomic mass is 9.93. The molecule has 0 saturated heterocycles. The van der Waals surface area contributed by atoms with Gasteiger partial charge >= 0.3 is 0 Å². The van der Waals surface area contributed by atoms with Crippen LogP contribution in [0.25, 0.3) is 119 Å². The van der Waals surface area contributed by atoms with Gasteiger partial charge in [-0.3, -0.25) is 0 Å². The molecule has 4 nitrogen and oxygen atoms in total. The molecule has 8 aromatic carbocycles. The molecule has 4 aromatic heterocycles. The van der Waals surface area contributed by atoms with Crippen LogP contribution < -0.4 is 0 Å². The van der Waals surface area contributed by atoms with Crippen molar-refractivity contribution < 1.29 is 4.42 Å². The van der Waals surface area contributed by atoms with E-state index < -0.39 is 0 Å². The van der Waals surface area contributed by atoms with Crippen molar-refractivity contribution in [2.75, 3.05) is 0 Å². The fourth-order valence-corrected chi connectivity index (χ4v) is 10.7. The zero-order valence-electron chi connectivity index (χ0n) is 30.3. The number of furan rings is 1. The molecule has 0 radical (unpaired) electrons. The molecule has 0 aliphatic heterocycles. The summed E-state index contributed by atoms with van der Waals surface area (Å²) in [4.78, 5) is 14.9. The first-order valence-electron chi connectivity index (χ1n) is 18.9. The van der Waals surface area contributed by atoms with Crippen LogP contribution in [0, 0.1) is 0 Å². The number of fused-ring (bicyclic) bond motifs is 9. The Balaban J connectivity index is 1.02. The van der Waals surface area contributed by atoms with Crippen LogP contribution in [0.2, 0.25) is 0 Å². The monoisotopic (exact) mass is 763 g/mol. The fourth-order valence-electron chi connectivity index (χ4n) is 8.23. The Labute approximate surface area is 335 Å². The maximum Gasteiger partial charge on any atom is 0.164 e. The van der Waals surface area contributed by atoms with E-state index in [9.17, 15) is 0 Å². The molecule has 0 N–H and O–H groups in total. The second-order valence-electron chi connectivity index (χ2n) is 14.3. The minimum Gasteiger partial charge on any atom is -0.456 e. The zero-order valence-corrected chi connectivity index (χ0v) is 31.9. The SMILES string of the molecule is c1ccc(-c2nc(-c3ccccc3)nc(-c3ccc4c(c3)sc3cc(-c5cc(-c6cccc7c6sc6ccccc67)cc6oc7ccccc7c56)ccc34)n2)cc1. The summed E-state index contributed by atoms with van der Waals surface area (Å²) in [6.07, 6.45) is 0. The number of aromatic nitrogens is 3. The number of thiophene rings is 2. The van der Waals surface area contributed by atoms with Crippen molar-refractivity contribution in [1.82, 2.24) is 15.0 Å². The van der Waals surface area contributed by atoms with E-state index >= 15 is 0 Å². The van der Waals surface area contributed by atoms with Crippen LogP contribution in [-0.4, -0.2) is 15.0 Å². The highest BCUT2D eigenvalue weighted by molar-refractivity contribution is 7.26. The summed E-state index contributed by atoms with van der Waals surface area (Å²) >= 11 is 3.66. The van der Waals surface area contributed by atoms with Crippen molar-refractivity contribution in [2.24, 2.45) is 0 Å². The Hall–Kier alpha value is -6.99. The molecule has 0 atom stereocenters. The maximum atomic E-state index is 6.60. The molecule has 4 heterocycles. The van der Waals surface area contributed by atoms with Gasteiger partial charge in [0, 0.05) is 67.8 Å². The van der Waals surface area contributed by atoms with Gasteiger partial charge in [-0.25, -0.2) is 15.0 Å². The number of hydrogen-bond acceptors (Lipinski definition) is 6. The fraction of sp³-hybridized carbons (Fsp3) is 0. The third-order valence-electron chi connectivity index (χ3n) is 10.9. The molecule has 0 amide bonds. The quantitative estimate of drug-likeness (QED) is 0.175. The summed E-state index contributed by atoms with van der Waals surface area (Å²) in [5.41, 5.74) is 9.35. The molecule has 0 unspecified atom stereocenters. The topological polar surface area (TPSA) is 51.8 Å². The third kappa shape index (κ3) is 5.30. The Bertz CT molecular complexity index is 3470. The highest BCUT2D eigenvalue weighted by Gasteiger charge is 2.19. The Morgan fingerprint density at radius 1 is 0.333 bits per heavy atom. The molecule has 12 rings (SSSR count). The van der Waals surface area contributed by atoms with E-state index in [4.69, 9.17) is 19.4 Å². The molecule has 0 bridgehead atoms. The first-order chi connectivity index (χ1) is 28.2. The number of nitrogens with zero attached hydrogens (tertiary/aromatic N) is 3. The Morgan fingerprint density at radius 2 is 0.912 bits per heavy atom. The maximum absolute atomic E-state index is 6.60. The van der Waals surface area contributed by atoms with Crippen LogP contribution in [0.15, 0.2) is 180 Å². The Kier molecular flexibility index (Phi) is 7.24. The van der Waals surface area contributed by atoms with E-state index in [1.165, 1.54) is 45.9 Å². The molecule has 6 heteroatoms. The number of rotatable bonds is 5. The predicted octanol–water partition coefficient (Wildman–Crippen LogP) is 14.8. The van der Waals surface area contributed by atoms with Crippen molar-refractivity contribution in [1.29, 1.82) is 0 Å². The van der Waals surface area contributed by atoms with Gasteiger partial charge in [-0.1, -0.05) is 140 Å². The lowest BCUT2D eigenvalue weighted by Crippen LogP contribution is -1.99. The molecule has 0 aliphatic carbocycles. The van der Waals surface area contributed by atoms with E-state index in [-0.39, 0.29) is 0 Å². The minimum absolute atomic E-state index is 0.655. The highest BCUT2D eigenvalue weighted by Crippen LogP contribution is 2.46. The van der Waals surface area contributed by atoms with Crippen molar-refractivity contribution in [3.05, 3.63) is 176 Å². The highest BCUT2D eigenvalue weighted by atomic mass is 32.1. The van der Waals surface area contributed by atoms with Crippen molar-refractivity contribution in [2.45, 2.75) is 0 Å². The van der Waals surface area contributed by atoms with Crippen LogP contribution in [-0.2, 0) is 0 Å². The molecule has 57 heavy (non-hydrogen) atoms. The second-order valence-corrected chi connectivity index (χ2v) is 16.5. The van der Waals surface area contributed by atoms with Gasteiger partial charge < -0.3 is 4.42 Å². The van der Waals surface area contributed by atoms with Crippen LogP contribution in [0.3, 0.4) is 0 Å². The number of para-hydroxylation sites is 1. The average Bonchev–Trinajstić information content (AvgIpc) is 3.97. The Morgan fingerprint density at radius 3 is 1.65 bits per heavy atom.